The first-order valence-electron chi connectivity index (χ1n) is 7.32. The number of carbonyl (C=O) groups is 2. The van der Waals surface area contributed by atoms with Crippen LogP contribution in [-0.2, 0) is 16.0 Å². The fourth-order valence-corrected chi connectivity index (χ4v) is 2.93. The van der Waals surface area contributed by atoms with Gasteiger partial charge in [0.15, 0.2) is 0 Å². The van der Waals surface area contributed by atoms with Crippen molar-refractivity contribution in [2.75, 3.05) is 6.54 Å². The zero-order valence-electron chi connectivity index (χ0n) is 11.9. The normalized spacial score (nSPS) is 23.5. The van der Waals surface area contributed by atoms with E-state index < -0.39 is 12.0 Å². The first-order valence-corrected chi connectivity index (χ1v) is 7.32. The van der Waals surface area contributed by atoms with Crippen LogP contribution in [0.3, 0.4) is 0 Å². The Hall–Kier alpha value is -1.89. The number of imidazole rings is 1. The molecule has 1 aromatic rings. The third-order valence-corrected chi connectivity index (χ3v) is 4.14. The summed E-state index contributed by atoms with van der Waals surface area (Å²) >= 11 is 0. The monoisotopic (exact) mass is 294 g/mol. The molecule has 1 aliphatic carbocycles. The summed E-state index contributed by atoms with van der Waals surface area (Å²) in [5.41, 5.74) is 6.40. The summed E-state index contributed by atoms with van der Waals surface area (Å²) in [6.45, 7) is 0.469. The second kappa shape index (κ2) is 7.21. The van der Waals surface area contributed by atoms with E-state index in [4.69, 9.17) is 5.73 Å². The van der Waals surface area contributed by atoms with Crippen LogP contribution in [0.5, 0.6) is 0 Å². The highest BCUT2D eigenvalue weighted by Crippen LogP contribution is 2.29. The number of amides is 1. The maximum Gasteiger partial charge on any atom is 0.326 e. The molecule has 0 spiro atoms. The molecule has 0 radical (unpaired) electrons. The van der Waals surface area contributed by atoms with Crippen molar-refractivity contribution >= 4 is 11.9 Å². The van der Waals surface area contributed by atoms with E-state index in [1.165, 1.54) is 6.33 Å². The highest BCUT2D eigenvalue weighted by atomic mass is 16.4. The summed E-state index contributed by atoms with van der Waals surface area (Å²) in [5, 5.41) is 11.9. The van der Waals surface area contributed by atoms with Crippen LogP contribution >= 0.6 is 0 Å². The molecule has 0 saturated heterocycles. The van der Waals surface area contributed by atoms with Gasteiger partial charge in [-0.05, 0) is 25.3 Å². The fourth-order valence-electron chi connectivity index (χ4n) is 2.93. The summed E-state index contributed by atoms with van der Waals surface area (Å²) < 4.78 is 0. The van der Waals surface area contributed by atoms with Gasteiger partial charge in [0, 0.05) is 24.2 Å². The van der Waals surface area contributed by atoms with Gasteiger partial charge in [0.2, 0.25) is 5.91 Å². The summed E-state index contributed by atoms with van der Waals surface area (Å²) in [6.07, 6.45) is 7.04. The highest BCUT2D eigenvalue weighted by Gasteiger charge is 2.32. The summed E-state index contributed by atoms with van der Waals surface area (Å²) in [6, 6.07) is -0.946. The zero-order chi connectivity index (χ0) is 15.2. The Labute approximate surface area is 123 Å². The first-order chi connectivity index (χ1) is 10.1. The molecule has 1 amide bonds. The topological polar surface area (TPSA) is 121 Å². The number of carboxylic acids is 1. The molecule has 1 aromatic heterocycles. The number of nitrogens with one attached hydrogen (secondary N) is 2. The number of hydrogen-bond donors (Lipinski definition) is 4. The van der Waals surface area contributed by atoms with Gasteiger partial charge in [-0.3, -0.25) is 4.79 Å². The predicted molar refractivity (Wildman–Crippen MR) is 76.4 cm³/mol. The average molecular weight is 294 g/mol. The van der Waals surface area contributed by atoms with E-state index in [0.717, 1.165) is 25.7 Å². The summed E-state index contributed by atoms with van der Waals surface area (Å²) in [4.78, 5) is 30.4. The number of aromatic amines is 1. The molecule has 1 heterocycles. The fraction of sp³-hybridized carbons (Fsp3) is 0.643. The largest absolute Gasteiger partial charge is 0.480 e. The van der Waals surface area contributed by atoms with Crippen molar-refractivity contribution in [3.63, 3.8) is 0 Å². The lowest BCUT2D eigenvalue weighted by atomic mass is 9.78. The molecule has 2 rings (SSSR count). The molecule has 1 saturated carbocycles. The molecule has 21 heavy (non-hydrogen) atoms. The van der Waals surface area contributed by atoms with Crippen molar-refractivity contribution < 1.29 is 14.7 Å². The molecule has 0 bridgehead atoms. The van der Waals surface area contributed by atoms with Gasteiger partial charge in [-0.1, -0.05) is 12.8 Å². The number of hydrogen-bond acceptors (Lipinski definition) is 4. The average Bonchev–Trinajstić information content (AvgIpc) is 2.99. The van der Waals surface area contributed by atoms with Crippen LogP contribution in [0.25, 0.3) is 0 Å². The molecule has 0 aliphatic heterocycles. The third-order valence-electron chi connectivity index (χ3n) is 4.14. The van der Waals surface area contributed by atoms with Gasteiger partial charge < -0.3 is 21.1 Å². The maximum atomic E-state index is 12.4. The molecule has 2 unspecified atom stereocenters. The Bertz CT molecular complexity index is 475. The van der Waals surface area contributed by atoms with E-state index in [2.05, 4.69) is 15.3 Å². The number of carboxylic acid groups (broad SMARTS) is 1. The van der Waals surface area contributed by atoms with E-state index in [-0.39, 0.29) is 24.2 Å². The second-order valence-corrected chi connectivity index (χ2v) is 5.57. The summed E-state index contributed by atoms with van der Waals surface area (Å²) in [5.74, 6) is -1.26. The van der Waals surface area contributed by atoms with Gasteiger partial charge in [-0.2, -0.15) is 0 Å². The highest BCUT2D eigenvalue weighted by molar-refractivity contribution is 5.85. The van der Waals surface area contributed by atoms with E-state index in [1.54, 1.807) is 6.20 Å². The molecule has 7 heteroatoms. The number of aliphatic carboxylic acids is 1. The van der Waals surface area contributed by atoms with Crippen LogP contribution in [-0.4, -0.2) is 39.5 Å². The van der Waals surface area contributed by atoms with E-state index in [1.807, 2.05) is 0 Å². The van der Waals surface area contributed by atoms with Crippen molar-refractivity contribution in [1.82, 2.24) is 15.3 Å². The number of nitrogens with two attached hydrogens (primary N) is 1. The minimum absolute atomic E-state index is 0.153. The maximum absolute atomic E-state index is 12.4. The van der Waals surface area contributed by atoms with Crippen LogP contribution in [0.15, 0.2) is 12.5 Å². The first kappa shape index (κ1) is 15.5. The van der Waals surface area contributed by atoms with Crippen molar-refractivity contribution in [3.05, 3.63) is 18.2 Å². The molecule has 1 fully saturated rings. The SMILES string of the molecule is NCC1CCCCC1C(=O)N[C@@H](Cc1cnc[nH]1)C(=O)O. The van der Waals surface area contributed by atoms with Crippen molar-refractivity contribution in [2.24, 2.45) is 17.6 Å². The summed E-state index contributed by atoms with van der Waals surface area (Å²) in [7, 11) is 0. The lowest BCUT2D eigenvalue weighted by molar-refractivity contribution is -0.143. The zero-order valence-corrected chi connectivity index (χ0v) is 11.9. The van der Waals surface area contributed by atoms with Gasteiger partial charge in [0.25, 0.3) is 0 Å². The lowest BCUT2D eigenvalue weighted by Gasteiger charge is -2.30. The van der Waals surface area contributed by atoms with Gasteiger partial charge in [0.05, 0.1) is 6.33 Å². The Kier molecular flexibility index (Phi) is 5.32. The van der Waals surface area contributed by atoms with Crippen LogP contribution < -0.4 is 11.1 Å². The molecule has 116 valence electrons. The minimum Gasteiger partial charge on any atom is -0.480 e. The van der Waals surface area contributed by atoms with Crippen LogP contribution in [0.4, 0.5) is 0 Å². The van der Waals surface area contributed by atoms with Gasteiger partial charge >= 0.3 is 5.97 Å². The number of rotatable bonds is 6. The molecule has 7 nitrogen and oxygen atoms in total. The number of H-pyrrole nitrogens is 1. The third kappa shape index (κ3) is 4.04. The smallest absolute Gasteiger partial charge is 0.326 e. The predicted octanol–water partition coefficient (Wildman–Crippen LogP) is 0.287. The van der Waals surface area contributed by atoms with Gasteiger partial charge in [-0.25, -0.2) is 9.78 Å². The van der Waals surface area contributed by atoms with Crippen LogP contribution in [0.2, 0.25) is 0 Å². The van der Waals surface area contributed by atoms with Crippen molar-refractivity contribution in [3.8, 4) is 0 Å². The number of carbonyl (C=O) groups excluding carboxylic acids is 1. The van der Waals surface area contributed by atoms with E-state index in [0.29, 0.717) is 12.2 Å². The van der Waals surface area contributed by atoms with Crippen molar-refractivity contribution in [2.45, 2.75) is 38.1 Å². The Morgan fingerprint density at radius 2 is 2.24 bits per heavy atom. The van der Waals surface area contributed by atoms with Gasteiger partial charge in [-0.15, -0.1) is 0 Å². The molecular weight excluding hydrogens is 272 g/mol. The van der Waals surface area contributed by atoms with E-state index in [9.17, 15) is 14.7 Å². The number of aromatic nitrogens is 2. The molecule has 5 N–H and O–H groups in total. The quantitative estimate of drug-likeness (QED) is 0.600. The second-order valence-electron chi connectivity index (χ2n) is 5.57. The molecule has 0 aromatic carbocycles. The van der Waals surface area contributed by atoms with Crippen LogP contribution in [0, 0.1) is 11.8 Å². The Morgan fingerprint density at radius 3 is 2.86 bits per heavy atom. The minimum atomic E-state index is -1.04. The standard InChI is InChI=1S/C14H22N4O3/c15-6-9-3-1-2-4-11(9)13(19)18-12(14(20)21)5-10-7-16-8-17-10/h7-9,11-12H,1-6,15H2,(H,16,17)(H,18,19)(H,20,21)/t9?,11?,12-/m0/s1. The van der Waals surface area contributed by atoms with Gasteiger partial charge in [0.1, 0.15) is 6.04 Å². The number of nitrogens with zero attached hydrogens (tertiary/aromatic N) is 1. The van der Waals surface area contributed by atoms with Crippen LogP contribution in [0.1, 0.15) is 31.4 Å². The Morgan fingerprint density at radius 1 is 1.48 bits per heavy atom. The van der Waals surface area contributed by atoms with Crippen molar-refractivity contribution in [1.29, 1.82) is 0 Å². The molecular formula is C14H22N4O3. The molecule has 3 atom stereocenters. The lowest BCUT2D eigenvalue weighted by Crippen LogP contribution is -2.47. The van der Waals surface area contributed by atoms with E-state index >= 15 is 0 Å². The molecule has 1 aliphatic rings. The Balaban J connectivity index is 1.98.